The van der Waals surface area contributed by atoms with Crippen molar-refractivity contribution in [2.24, 2.45) is 5.92 Å². The molecule has 3 rings (SSSR count). The maximum Gasteiger partial charge on any atom is 0.230 e. The molecule has 0 radical (unpaired) electrons. The third-order valence-corrected chi connectivity index (χ3v) is 4.62. The molecular formula is C16H21N5O2S. The van der Waals surface area contributed by atoms with E-state index in [1.807, 2.05) is 24.3 Å². The van der Waals surface area contributed by atoms with Crippen LogP contribution in [0.3, 0.4) is 0 Å². The van der Waals surface area contributed by atoms with E-state index in [2.05, 4.69) is 34.7 Å². The minimum atomic E-state index is -0.0270. The van der Waals surface area contributed by atoms with E-state index < -0.39 is 0 Å². The van der Waals surface area contributed by atoms with Crippen molar-refractivity contribution in [2.75, 3.05) is 12.4 Å². The summed E-state index contributed by atoms with van der Waals surface area (Å²) in [7, 11) is 0. The SMILES string of the molecule is CC(C)Cn1nnnc1SCC(=O)NC1CCOc2ccccc21. The van der Waals surface area contributed by atoms with Gasteiger partial charge in [0.15, 0.2) is 0 Å². The molecule has 2 heterocycles. The van der Waals surface area contributed by atoms with E-state index in [-0.39, 0.29) is 17.7 Å². The molecule has 2 aromatic rings. The third-order valence-electron chi connectivity index (χ3n) is 3.66. The Labute approximate surface area is 145 Å². The molecule has 0 bridgehead atoms. The molecular weight excluding hydrogens is 326 g/mol. The van der Waals surface area contributed by atoms with Crippen LogP contribution in [0.15, 0.2) is 29.4 Å². The number of nitrogens with one attached hydrogen (secondary N) is 1. The summed E-state index contributed by atoms with van der Waals surface area (Å²) < 4.78 is 7.36. The number of hydrogen-bond donors (Lipinski definition) is 1. The van der Waals surface area contributed by atoms with Gasteiger partial charge in [-0.05, 0) is 22.4 Å². The Hall–Kier alpha value is -2.09. The Balaban J connectivity index is 1.57. The van der Waals surface area contributed by atoms with Crippen molar-refractivity contribution in [1.82, 2.24) is 25.5 Å². The Morgan fingerprint density at radius 2 is 2.29 bits per heavy atom. The number of benzene rings is 1. The molecule has 1 aromatic carbocycles. The molecule has 1 aliphatic rings. The number of thioether (sulfide) groups is 1. The quantitative estimate of drug-likeness (QED) is 0.806. The maximum absolute atomic E-state index is 12.3. The summed E-state index contributed by atoms with van der Waals surface area (Å²) in [6, 6.07) is 7.82. The van der Waals surface area contributed by atoms with Gasteiger partial charge in [-0.25, -0.2) is 4.68 Å². The van der Waals surface area contributed by atoms with Gasteiger partial charge in [-0.15, -0.1) is 5.10 Å². The zero-order valence-electron chi connectivity index (χ0n) is 13.8. The highest BCUT2D eigenvalue weighted by Crippen LogP contribution is 2.31. The van der Waals surface area contributed by atoms with Gasteiger partial charge in [-0.2, -0.15) is 0 Å². The zero-order valence-corrected chi connectivity index (χ0v) is 14.6. The molecule has 1 unspecified atom stereocenters. The molecule has 128 valence electrons. The lowest BCUT2D eigenvalue weighted by atomic mass is 10.0. The first kappa shape index (κ1) is 16.8. The summed E-state index contributed by atoms with van der Waals surface area (Å²) in [5.74, 6) is 1.56. The van der Waals surface area contributed by atoms with Crippen LogP contribution >= 0.6 is 11.8 Å². The van der Waals surface area contributed by atoms with Crippen LogP contribution in [0.2, 0.25) is 0 Å². The van der Waals surface area contributed by atoms with Gasteiger partial charge in [-0.1, -0.05) is 43.8 Å². The van der Waals surface area contributed by atoms with Crippen LogP contribution in [0.25, 0.3) is 0 Å². The van der Waals surface area contributed by atoms with Crippen molar-refractivity contribution in [2.45, 2.75) is 38.0 Å². The molecule has 1 aromatic heterocycles. The highest BCUT2D eigenvalue weighted by atomic mass is 32.2. The molecule has 8 heteroatoms. The number of ether oxygens (including phenoxy) is 1. The molecule has 1 amide bonds. The Bertz CT molecular complexity index is 703. The lowest BCUT2D eigenvalue weighted by Gasteiger charge is -2.26. The molecule has 0 aliphatic carbocycles. The van der Waals surface area contributed by atoms with Gasteiger partial charge >= 0.3 is 0 Å². The first-order chi connectivity index (χ1) is 11.6. The summed E-state index contributed by atoms with van der Waals surface area (Å²) in [6.07, 6.45) is 0.776. The number of rotatable bonds is 6. The first-order valence-corrected chi connectivity index (χ1v) is 9.02. The molecule has 1 atom stereocenters. The number of carbonyl (C=O) groups excluding carboxylic acids is 1. The van der Waals surface area contributed by atoms with E-state index >= 15 is 0 Å². The number of carbonyl (C=O) groups is 1. The fourth-order valence-electron chi connectivity index (χ4n) is 2.62. The van der Waals surface area contributed by atoms with Crippen LogP contribution in [0, 0.1) is 5.92 Å². The average Bonchev–Trinajstić information content (AvgIpc) is 3.00. The van der Waals surface area contributed by atoms with Crippen LogP contribution in [0.4, 0.5) is 0 Å². The van der Waals surface area contributed by atoms with Gasteiger partial charge in [0, 0.05) is 18.5 Å². The van der Waals surface area contributed by atoms with Gasteiger partial charge in [-0.3, -0.25) is 4.79 Å². The summed E-state index contributed by atoms with van der Waals surface area (Å²) in [5.41, 5.74) is 1.03. The fourth-order valence-corrected chi connectivity index (χ4v) is 3.32. The van der Waals surface area contributed by atoms with Crippen LogP contribution in [0.1, 0.15) is 31.9 Å². The minimum Gasteiger partial charge on any atom is -0.493 e. The summed E-state index contributed by atoms with van der Waals surface area (Å²) in [5, 5.41) is 15.4. The predicted octanol–water partition coefficient (Wildman–Crippen LogP) is 2.06. The zero-order chi connectivity index (χ0) is 16.9. The van der Waals surface area contributed by atoms with Crippen LogP contribution in [0.5, 0.6) is 5.75 Å². The number of amides is 1. The molecule has 0 saturated carbocycles. The van der Waals surface area contributed by atoms with Crippen molar-refractivity contribution in [3.63, 3.8) is 0 Å². The number of hydrogen-bond acceptors (Lipinski definition) is 6. The lowest BCUT2D eigenvalue weighted by Crippen LogP contribution is -2.33. The van der Waals surface area contributed by atoms with E-state index in [0.717, 1.165) is 24.3 Å². The van der Waals surface area contributed by atoms with Gasteiger partial charge in [0.2, 0.25) is 11.1 Å². The van der Waals surface area contributed by atoms with Crippen LogP contribution in [-0.2, 0) is 11.3 Å². The van der Waals surface area contributed by atoms with E-state index in [0.29, 0.717) is 17.7 Å². The minimum absolute atomic E-state index is 0.00490. The van der Waals surface area contributed by atoms with E-state index in [4.69, 9.17) is 4.74 Å². The third kappa shape index (κ3) is 4.05. The van der Waals surface area contributed by atoms with Crippen molar-refractivity contribution in [3.05, 3.63) is 29.8 Å². The molecule has 1 N–H and O–H groups in total. The average molecular weight is 347 g/mol. The predicted molar refractivity (Wildman–Crippen MR) is 90.8 cm³/mol. The summed E-state index contributed by atoms with van der Waals surface area (Å²) in [6.45, 7) is 5.56. The second-order valence-corrected chi connectivity index (χ2v) is 7.06. The van der Waals surface area contributed by atoms with E-state index in [9.17, 15) is 4.79 Å². The van der Waals surface area contributed by atoms with Crippen molar-refractivity contribution >= 4 is 17.7 Å². The molecule has 24 heavy (non-hydrogen) atoms. The van der Waals surface area contributed by atoms with Gasteiger partial charge in [0.05, 0.1) is 18.4 Å². The number of tetrazole rings is 1. The van der Waals surface area contributed by atoms with Crippen LogP contribution < -0.4 is 10.1 Å². The lowest BCUT2D eigenvalue weighted by molar-refractivity contribution is -0.119. The van der Waals surface area contributed by atoms with E-state index in [1.54, 1.807) is 4.68 Å². The van der Waals surface area contributed by atoms with Crippen molar-refractivity contribution in [3.8, 4) is 5.75 Å². The molecule has 7 nitrogen and oxygen atoms in total. The highest BCUT2D eigenvalue weighted by Gasteiger charge is 2.22. The molecule has 0 fully saturated rings. The number of aromatic nitrogens is 4. The first-order valence-electron chi connectivity index (χ1n) is 8.03. The maximum atomic E-state index is 12.3. The number of fused-ring (bicyclic) bond motifs is 1. The highest BCUT2D eigenvalue weighted by molar-refractivity contribution is 7.99. The molecule has 0 spiro atoms. The smallest absolute Gasteiger partial charge is 0.230 e. The Kier molecular flexibility index (Phi) is 5.34. The van der Waals surface area contributed by atoms with Crippen molar-refractivity contribution in [1.29, 1.82) is 0 Å². The van der Waals surface area contributed by atoms with Gasteiger partial charge in [0.1, 0.15) is 5.75 Å². The van der Waals surface area contributed by atoms with Gasteiger partial charge < -0.3 is 10.1 Å². The fraction of sp³-hybridized carbons (Fsp3) is 0.500. The second kappa shape index (κ2) is 7.65. The largest absolute Gasteiger partial charge is 0.493 e. The normalized spacial score (nSPS) is 16.5. The Morgan fingerprint density at radius 1 is 1.46 bits per heavy atom. The van der Waals surface area contributed by atoms with Gasteiger partial charge in [0.25, 0.3) is 0 Å². The topological polar surface area (TPSA) is 81.9 Å². The monoisotopic (exact) mass is 347 g/mol. The van der Waals surface area contributed by atoms with E-state index in [1.165, 1.54) is 11.8 Å². The second-order valence-electron chi connectivity index (χ2n) is 6.12. The number of para-hydroxylation sites is 1. The summed E-state index contributed by atoms with van der Waals surface area (Å²) in [4.78, 5) is 12.3. The standard InChI is InChI=1S/C16H21N5O2S/c1-11(2)9-21-16(18-19-20-21)24-10-15(22)17-13-7-8-23-14-6-4-3-5-12(13)14/h3-6,11,13H,7-10H2,1-2H3,(H,17,22). The Morgan fingerprint density at radius 3 is 3.12 bits per heavy atom. The van der Waals surface area contributed by atoms with Crippen molar-refractivity contribution < 1.29 is 9.53 Å². The number of nitrogens with zero attached hydrogens (tertiary/aromatic N) is 4. The molecule has 1 aliphatic heterocycles. The summed E-state index contributed by atoms with van der Waals surface area (Å²) >= 11 is 1.36. The van der Waals surface area contributed by atoms with Crippen LogP contribution in [-0.4, -0.2) is 38.5 Å². The molecule has 0 saturated heterocycles.